The van der Waals surface area contributed by atoms with Gasteiger partial charge in [-0.05, 0) is 59.8 Å². The van der Waals surface area contributed by atoms with Gasteiger partial charge in [-0.3, -0.25) is 0 Å². The van der Waals surface area contributed by atoms with Crippen molar-refractivity contribution in [3.63, 3.8) is 0 Å². The Hall–Kier alpha value is -2.97. The van der Waals surface area contributed by atoms with Gasteiger partial charge >= 0.3 is 0 Å². The van der Waals surface area contributed by atoms with Gasteiger partial charge in [0.2, 0.25) is 5.16 Å². The van der Waals surface area contributed by atoms with E-state index in [-0.39, 0.29) is 5.82 Å². The predicted octanol–water partition coefficient (Wildman–Crippen LogP) is 4.33. The summed E-state index contributed by atoms with van der Waals surface area (Å²) in [5.41, 5.74) is 1.42. The Morgan fingerprint density at radius 2 is 1.83 bits per heavy atom. The molecule has 6 nitrogen and oxygen atoms in total. The van der Waals surface area contributed by atoms with Crippen molar-refractivity contribution in [1.82, 2.24) is 25.5 Å². The molecule has 0 atom stereocenters. The summed E-state index contributed by atoms with van der Waals surface area (Å²) in [6.45, 7) is 1.43. The van der Waals surface area contributed by atoms with Crippen LogP contribution in [-0.2, 0) is 6.54 Å². The molecule has 1 N–H and O–H groups in total. The zero-order valence-electron chi connectivity index (χ0n) is 15.7. The number of para-hydroxylation sites is 1. The maximum atomic E-state index is 13.8. The van der Waals surface area contributed by atoms with Crippen molar-refractivity contribution < 1.29 is 8.81 Å². The zero-order chi connectivity index (χ0) is 19.9. The summed E-state index contributed by atoms with van der Waals surface area (Å²) >= 11 is 1.62. The third-order valence-corrected chi connectivity index (χ3v) is 5.28. The van der Waals surface area contributed by atoms with Gasteiger partial charge in [-0.15, -0.1) is 5.10 Å². The Bertz CT molecular complexity index is 1050. The Morgan fingerprint density at radius 3 is 2.69 bits per heavy atom. The number of tetrazole rings is 1. The lowest BCUT2D eigenvalue weighted by Crippen LogP contribution is -2.14. The van der Waals surface area contributed by atoms with Crippen LogP contribution in [0.3, 0.4) is 0 Å². The molecule has 0 aliphatic carbocycles. The summed E-state index contributed by atoms with van der Waals surface area (Å²) < 4.78 is 21.3. The largest absolute Gasteiger partial charge is 0.460 e. The number of hydrogen-bond acceptors (Lipinski definition) is 6. The van der Waals surface area contributed by atoms with E-state index < -0.39 is 0 Å². The molecule has 0 bridgehead atoms. The number of halogens is 1. The lowest BCUT2D eigenvalue weighted by molar-refractivity contribution is 0.490. The lowest BCUT2D eigenvalue weighted by atomic mass is 10.1. The average molecular weight is 409 g/mol. The van der Waals surface area contributed by atoms with Gasteiger partial charge in [0.05, 0.1) is 17.8 Å². The van der Waals surface area contributed by atoms with E-state index in [4.69, 9.17) is 4.42 Å². The van der Waals surface area contributed by atoms with Gasteiger partial charge in [-0.25, -0.2) is 4.39 Å². The Morgan fingerprint density at radius 1 is 1.00 bits per heavy atom. The highest BCUT2D eigenvalue weighted by atomic mass is 32.2. The predicted molar refractivity (Wildman–Crippen MR) is 110 cm³/mol. The van der Waals surface area contributed by atoms with Crippen molar-refractivity contribution in [1.29, 1.82) is 0 Å². The van der Waals surface area contributed by atoms with Crippen molar-refractivity contribution in [3.05, 3.63) is 78.3 Å². The van der Waals surface area contributed by atoms with E-state index in [2.05, 4.69) is 20.8 Å². The quantitative estimate of drug-likeness (QED) is 0.328. The molecule has 0 amide bonds. The van der Waals surface area contributed by atoms with Crippen molar-refractivity contribution in [3.8, 4) is 17.0 Å². The number of thioether (sulfide) groups is 1. The Balaban J connectivity index is 1.21. The molecule has 0 aliphatic heterocycles. The van der Waals surface area contributed by atoms with E-state index in [0.29, 0.717) is 17.9 Å². The molecule has 4 aromatic rings. The average Bonchev–Trinajstić information content (AvgIpc) is 3.41. The van der Waals surface area contributed by atoms with Crippen LogP contribution < -0.4 is 5.32 Å². The van der Waals surface area contributed by atoms with E-state index in [9.17, 15) is 4.39 Å². The molecule has 0 saturated heterocycles. The van der Waals surface area contributed by atoms with E-state index in [1.165, 1.54) is 6.07 Å². The number of aromatic nitrogens is 4. The van der Waals surface area contributed by atoms with Gasteiger partial charge in [0.25, 0.3) is 0 Å². The number of rotatable bonds is 9. The van der Waals surface area contributed by atoms with Crippen LogP contribution in [0.4, 0.5) is 4.39 Å². The fourth-order valence-corrected chi connectivity index (χ4v) is 3.68. The van der Waals surface area contributed by atoms with Crippen LogP contribution in [0.1, 0.15) is 12.2 Å². The Labute approximate surface area is 172 Å². The first-order valence-electron chi connectivity index (χ1n) is 9.32. The van der Waals surface area contributed by atoms with Gasteiger partial charge in [-0.1, -0.05) is 42.1 Å². The molecule has 0 radical (unpaired) electrons. The molecule has 2 aromatic carbocycles. The van der Waals surface area contributed by atoms with Crippen LogP contribution in [0.15, 0.2) is 76.3 Å². The highest BCUT2D eigenvalue weighted by Gasteiger charge is 2.10. The highest BCUT2D eigenvalue weighted by Crippen LogP contribution is 2.24. The van der Waals surface area contributed by atoms with Crippen molar-refractivity contribution in [2.24, 2.45) is 0 Å². The molecule has 0 unspecified atom stereocenters. The summed E-state index contributed by atoms with van der Waals surface area (Å²) in [6.07, 6.45) is 0.952. The van der Waals surface area contributed by atoms with Gasteiger partial charge < -0.3 is 9.73 Å². The van der Waals surface area contributed by atoms with Crippen LogP contribution >= 0.6 is 11.8 Å². The fourth-order valence-electron chi connectivity index (χ4n) is 2.85. The summed E-state index contributed by atoms with van der Waals surface area (Å²) in [4.78, 5) is 0. The topological polar surface area (TPSA) is 68.8 Å². The van der Waals surface area contributed by atoms with Crippen LogP contribution in [0.5, 0.6) is 0 Å². The maximum absolute atomic E-state index is 13.8. The van der Waals surface area contributed by atoms with E-state index in [1.54, 1.807) is 40.7 Å². The smallest absolute Gasteiger partial charge is 0.214 e. The van der Waals surface area contributed by atoms with Gasteiger partial charge in [-0.2, -0.15) is 4.68 Å². The molecule has 2 heterocycles. The highest BCUT2D eigenvalue weighted by molar-refractivity contribution is 7.99. The van der Waals surface area contributed by atoms with Crippen LogP contribution in [-0.4, -0.2) is 32.5 Å². The molecule has 4 rings (SSSR count). The van der Waals surface area contributed by atoms with E-state index >= 15 is 0 Å². The molecular formula is C21H20FN5OS. The summed E-state index contributed by atoms with van der Waals surface area (Å²) in [7, 11) is 0. The SMILES string of the molecule is Fc1ccccc1-c1ccc(CNCCCSc2nnnn2-c2ccccc2)o1. The number of nitrogens with zero attached hydrogens (tertiary/aromatic N) is 4. The van der Waals surface area contributed by atoms with E-state index in [0.717, 1.165) is 35.3 Å². The molecule has 2 aromatic heterocycles. The minimum Gasteiger partial charge on any atom is -0.460 e. The summed E-state index contributed by atoms with van der Waals surface area (Å²) in [5, 5.41) is 16.0. The van der Waals surface area contributed by atoms with Gasteiger partial charge in [0.15, 0.2) is 0 Å². The van der Waals surface area contributed by atoms with Crippen molar-refractivity contribution >= 4 is 11.8 Å². The minimum atomic E-state index is -0.281. The van der Waals surface area contributed by atoms with Gasteiger partial charge in [0, 0.05) is 5.75 Å². The van der Waals surface area contributed by atoms with Gasteiger partial charge in [0.1, 0.15) is 17.3 Å². The standard InChI is InChI=1S/C21H20FN5OS/c22-19-10-5-4-9-18(19)20-12-11-17(28-20)15-23-13-6-14-29-21-24-25-26-27(21)16-7-2-1-3-8-16/h1-5,7-12,23H,6,13-15H2. The number of furan rings is 1. The molecule has 0 aliphatic rings. The number of nitrogens with one attached hydrogen (secondary N) is 1. The number of hydrogen-bond donors (Lipinski definition) is 1. The first-order valence-corrected chi connectivity index (χ1v) is 10.3. The molecule has 0 saturated carbocycles. The molecular weight excluding hydrogens is 389 g/mol. The second kappa shape index (κ2) is 9.49. The van der Waals surface area contributed by atoms with Crippen LogP contribution in [0.25, 0.3) is 17.0 Å². The Kier molecular flexibility index (Phi) is 6.33. The molecule has 0 spiro atoms. The summed E-state index contributed by atoms with van der Waals surface area (Å²) in [6, 6.07) is 20.1. The monoisotopic (exact) mass is 409 g/mol. The van der Waals surface area contributed by atoms with Crippen LogP contribution in [0, 0.1) is 5.82 Å². The lowest BCUT2D eigenvalue weighted by Gasteiger charge is -2.05. The first kappa shape index (κ1) is 19.4. The first-order chi connectivity index (χ1) is 14.3. The molecule has 29 heavy (non-hydrogen) atoms. The molecule has 8 heteroatoms. The minimum absolute atomic E-state index is 0.281. The summed E-state index contributed by atoms with van der Waals surface area (Å²) in [5.74, 6) is 1.93. The normalized spacial score (nSPS) is 11.1. The molecule has 148 valence electrons. The third kappa shape index (κ3) is 4.90. The number of benzene rings is 2. The van der Waals surface area contributed by atoms with Crippen molar-refractivity contribution in [2.75, 3.05) is 12.3 Å². The van der Waals surface area contributed by atoms with Crippen molar-refractivity contribution in [2.45, 2.75) is 18.1 Å². The van der Waals surface area contributed by atoms with Crippen LogP contribution in [0.2, 0.25) is 0 Å². The third-order valence-electron chi connectivity index (χ3n) is 4.27. The maximum Gasteiger partial charge on any atom is 0.214 e. The van der Waals surface area contributed by atoms with E-state index in [1.807, 2.05) is 36.4 Å². The molecule has 0 fully saturated rings. The fraction of sp³-hybridized carbons (Fsp3) is 0.190. The second-order valence-corrected chi connectivity index (χ2v) is 7.40. The zero-order valence-corrected chi connectivity index (χ0v) is 16.5. The second-order valence-electron chi connectivity index (χ2n) is 6.33.